The van der Waals surface area contributed by atoms with Gasteiger partial charge < -0.3 is 4.74 Å². The minimum Gasteiger partial charge on any atom is -0.370 e. The van der Waals surface area contributed by atoms with E-state index in [9.17, 15) is 17.6 Å². The van der Waals surface area contributed by atoms with Crippen LogP contribution in [0.1, 0.15) is 5.56 Å². The highest BCUT2D eigenvalue weighted by atomic mass is 79.9. The molecular formula is C11H13BrF4N2O. The molecule has 0 spiro atoms. The fourth-order valence-corrected chi connectivity index (χ4v) is 1.86. The van der Waals surface area contributed by atoms with Gasteiger partial charge in [0.05, 0.1) is 11.1 Å². The summed E-state index contributed by atoms with van der Waals surface area (Å²) in [6, 6.07) is 3.86. The molecule has 1 unspecified atom stereocenters. The molecule has 1 atom stereocenters. The summed E-state index contributed by atoms with van der Waals surface area (Å²) in [6.07, 6.45) is -4.04. The molecule has 0 saturated carbocycles. The first-order valence-corrected chi connectivity index (χ1v) is 6.15. The Hall–Kier alpha value is -0.700. The average molecular weight is 345 g/mol. The predicted molar refractivity (Wildman–Crippen MR) is 65.8 cm³/mol. The smallest absolute Gasteiger partial charge is 0.370 e. The first-order chi connectivity index (χ1) is 8.81. The van der Waals surface area contributed by atoms with Gasteiger partial charge in [0.2, 0.25) is 0 Å². The van der Waals surface area contributed by atoms with Crippen LogP contribution >= 0.6 is 15.9 Å². The van der Waals surface area contributed by atoms with Crippen LogP contribution < -0.4 is 11.3 Å². The van der Waals surface area contributed by atoms with Gasteiger partial charge in [0.25, 0.3) is 0 Å². The Morgan fingerprint density at radius 2 is 2.05 bits per heavy atom. The van der Waals surface area contributed by atoms with E-state index < -0.39 is 24.6 Å². The molecule has 1 rings (SSSR count). The predicted octanol–water partition coefficient (Wildman–Crippen LogP) is 2.54. The largest absolute Gasteiger partial charge is 0.411 e. The maximum Gasteiger partial charge on any atom is 0.411 e. The number of hydrazine groups is 1. The molecular weight excluding hydrogens is 332 g/mol. The van der Waals surface area contributed by atoms with Gasteiger partial charge in [0, 0.05) is 6.04 Å². The van der Waals surface area contributed by atoms with Crippen LogP contribution in [0.2, 0.25) is 0 Å². The lowest BCUT2D eigenvalue weighted by molar-refractivity contribution is -0.175. The minimum absolute atomic E-state index is 0.189. The molecule has 0 bridgehead atoms. The number of rotatable bonds is 6. The van der Waals surface area contributed by atoms with Crippen molar-refractivity contribution >= 4 is 15.9 Å². The van der Waals surface area contributed by atoms with Crippen LogP contribution in [0.15, 0.2) is 22.7 Å². The van der Waals surface area contributed by atoms with Crippen molar-refractivity contribution in [1.82, 2.24) is 5.43 Å². The second kappa shape index (κ2) is 7.18. The lowest BCUT2D eigenvalue weighted by Gasteiger charge is -2.17. The van der Waals surface area contributed by atoms with Crippen molar-refractivity contribution in [2.75, 3.05) is 13.2 Å². The van der Waals surface area contributed by atoms with Crippen LogP contribution in [0.25, 0.3) is 0 Å². The maximum absolute atomic E-state index is 13.0. The van der Waals surface area contributed by atoms with Gasteiger partial charge in [-0.1, -0.05) is 6.07 Å². The van der Waals surface area contributed by atoms with Gasteiger partial charge in [-0.25, -0.2) is 4.39 Å². The van der Waals surface area contributed by atoms with Crippen molar-refractivity contribution in [2.24, 2.45) is 5.84 Å². The van der Waals surface area contributed by atoms with Gasteiger partial charge in [0.1, 0.15) is 12.4 Å². The number of halogens is 5. The minimum atomic E-state index is -4.36. The molecule has 108 valence electrons. The van der Waals surface area contributed by atoms with Crippen molar-refractivity contribution in [3.05, 3.63) is 34.1 Å². The Labute approximate surface area is 116 Å². The molecule has 19 heavy (non-hydrogen) atoms. The summed E-state index contributed by atoms with van der Waals surface area (Å²) in [4.78, 5) is 0. The van der Waals surface area contributed by atoms with Crippen LogP contribution in [-0.4, -0.2) is 25.4 Å². The summed E-state index contributed by atoms with van der Waals surface area (Å²) in [7, 11) is 0. The Balaban J connectivity index is 2.49. The normalized spacial score (nSPS) is 13.6. The molecule has 1 aromatic rings. The molecule has 1 aromatic carbocycles. The highest BCUT2D eigenvalue weighted by Gasteiger charge is 2.27. The van der Waals surface area contributed by atoms with E-state index in [2.05, 4.69) is 26.1 Å². The standard InChI is InChI=1S/C11H13BrF4N2O/c12-9-4-7(1-2-10(9)13)3-8(18-17)5-19-6-11(14,15)16/h1-2,4,8,18H,3,5-6,17H2. The second-order valence-corrected chi connectivity index (χ2v) is 4.80. The highest BCUT2D eigenvalue weighted by molar-refractivity contribution is 9.10. The molecule has 0 saturated heterocycles. The van der Waals surface area contributed by atoms with E-state index in [1.54, 1.807) is 6.07 Å². The van der Waals surface area contributed by atoms with E-state index in [1.165, 1.54) is 12.1 Å². The molecule has 0 heterocycles. The van der Waals surface area contributed by atoms with E-state index in [-0.39, 0.29) is 11.1 Å². The first-order valence-electron chi connectivity index (χ1n) is 5.36. The van der Waals surface area contributed by atoms with Gasteiger partial charge in [-0.2, -0.15) is 13.2 Å². The molecule has 8 heteroatoms. The Morgan fingerprint density at radius 3 is 2.58 bits per heavy atom. The van der Waals surface area contributed by atoms with E-state index in [0.29, 0.717) is 6.42 Å². The quantitative estimate of drug-likeness (QED) is 0.473. The van der Waals surface area contributed by atoms with Crippen LogP contribution in [0.4, 0.5) is 17.6 Å². The Bertz CT molecular complexity index is 414. The second-order valence-electron chi connectivity index (χ2n) is 3.95. The molecule has 0 aromatic heterocycles. The average Bonchev–Trinajstić information content (AvgIpc) is 2.31. The van der Waals surface area contributed by atoms with Gasteiger partial charge >= 0.3 is 6.18 Å². The van der Waals surface area contributed by atoms with E-state index in [1.807, 2.05) is 0 Å². The summed E-state index contributed by atoms with van der Waals surface area (Å²) in [5.74, 6) is 4.83. The van der Waals surface area contributed by atoms with Crippen molar-refractivity contribution < 1.29 is 22.3 Å². The summed E-state index contributed by atoms with van der Waals surface area (Å²) in [5.41, 5.74) is 3.10. The monoisotopic (exact) mass is 344 g/mol. The first kappa shape index (κ1) is 16.4. The number of benzene rings is 1. The van der Waals surface area contributed by atoms with Crippen LogP contribution in [0, 0.1) is 5.82 Å². The van der Waals surface area contributed by atoms with Crippen molar-refractivity contribution in [3.63, 3.8) is 0 Å². The number of alkyl halides is 3. The van der Waals surface area contributed by atoms with E-state index >= 15 is 0 Å². The Kier molecular flexibility index (Phi) is 6.18. The molecule has 0 amide bonds. The fraction of sp³-hybridized carbons (Fsp3) is 0.455. The lowest BCUT2D eigenvalue weighted by Crippen LogP contribution is -2.41. The zero-order chi connectivity index (χ0) is 14.5. The van der Waals surface area contributed by atoms with Gasteiger partial charge in [-0.15, -0.1) is 0 Å². The SMILES string of the molecule is NNC(COCC(F)(F)F)Cc1ccc(F)c(Br)c1. The van der Waals surface area contributed by atoms with Crippen molar-refractivity contribution in [1.29, 1.82) is 0 Å². The highest BCUT2D eigenvalue weighted by Crippen LogP contribution is 2.18. The maximum atomic E-state index is 13.0. The summed E-state index contributed by atoms with van der Waals surface area (Å²) < 4.78 is 53.6. The number of nitrogens with one attached hydrogen (secondary N) is 1. The van der Waals surface area contributed by atoms with Gasteiger partial charge in [-0.05, 0) is 40.0 Å². The summed E-state index contributed by atoms with van der Waals surface area (Å²) in [5, 5.41) is 0. The van der Waals surface area contributed by atoms with Gasteiger partial charge in [-0.3, -0.25) is 11.3 Å². The number of nitrogens with two attached hydrogens (primary N) is 1. The molecule has 0 aliphatic carbocycles. The fourth-order valence-electron chi connectivity index (χ4n) is 1.43. The number of hydrogen-bond donors (Lipinski definition) is 2. The zero-order valence-electron chi connectivity index (χ0n) is 9.81. The molecule has 0 aliphatic heterocycles. The molecule has 0 aliphatic rings. The molecule has 3 N–H and O–H groups in total. The van der Waals surface area contributed by atoms with Crippen molar-refractivity contribution in [3.8, 4) is 0 Å². The third-order valence-corrected chi connectivity index (χ3v) is 2.89. The summed E-state index contributed by atoms with van der Waals surface area (Å²) >= 11 is 3.03. The zero-order valence-corrected chi connectivity index (χ0v) is 11.4. The summed E-state index contributed by atoms with van der Waals surface area (Å²) in [6.45, 7) is -1.51. The van der Waals surface area contributed by atoms with Gasteiger partial charge in [0.15, 0.2) is 0 Å². The van der Waals surface area contributed by atoms with Crippen LogP contribution in [0.3, 0.4) is 0 Å². The van der Waals surface area contributed by atoms with Crippen LogP contribution in [-0.2, 0) is 11.2 Å². The molecule has 0 fully saturated rings. The van der Waals surface area contributed by atoms with Crippen LogP contribution in [0.5, 0.6) is 0 Å². The molecule has 0 radical (unpaired) electrons. The third-order valence-electron chi connectivity index (χ3n) is 2.29. The topological polar surface area (TPSA) is 47.3 Å². The number of hydrogen-bond acceptors (Lipinski definition) is 3. The van der Waals surface area contributed by atoms with E-state index in [4.69, 9.17) is 5.84 Å². The van der Waals surface area contributed by atoms with E-state index in [0.717, 1.165) is 5.56 Å². The molecule has 3 nitrogen and oxygen atoms in total. The third kappa shape index (κ3) is 6.33. The number of ether oxygens (including phenoxy) is 1. The van der Waals surface area contributed by atoms with Crippen molar-refractivity contribution in [2.45, 2.75) is 18.6 Å². The lowest BCUT2D eigenvalue weighted by atomic mass is 10.1. The Morgan fingerprint density at radius 1 is 1.37 bits per heavy atom.